The standard InChI is InChI=1S/C20H28N4OS/c1-14-11-15(2)19(26-10-7-17-5-3-4-8-22-17)16(12-14)13-24-9-6-18(21)23-20(24)25/h6,9,11-12,17,22H,3-5,7-8,10,13H2,1-2H3,(H2,21,23,25). The summed E-state index contributed by atoms with van der Waals surface area (Å²) < 4.78 is 1.62. The fourth-order valence-electron chi connectivity index (χ4n) is 3.59. The minimum atomic E-state index is -0.300. The Kier molecular flexibility index (Phi) is 6.38. The summed E-state index contributed by atoms with van der Waals surface area (Å²) >= 11 is 1.90. The SMILES string of the molecule is Cc1cc(C)c(SCCC2CCCCN2)c(Cn2ccc(N)nc2=O)c1. The van der Waals surface area contributed by atoms with Crippen LogP contribution in [0.15, 0.2) is 34.1 Å². The predicted octanol–water partition coefficient (Wildman–Crippen LogP) is 3.11. The highest BCUT2D eigenvalue weighted by Gasteiger charge is 2.14. The van der Waals surface area contributed by atoms with E-state index in [1.807, 2.05) is 11.8 Å². The molecule has 5 nitrogen and oxygen atoms in total. The number of benzene rings is 1. The predicted molar refractivity (Wildman–Crippen MR) is 109 cm³/mol. The fourth-order valence-corrected chi connectivity index (χ4v) is 4.79. The van der Waals surface area contributed by atoms with Gasteiger partial charge in [0.1, 0.15) is 5.82 Å². The van der Waals surface area contributed by atoms with Crippen molar-refractivity contribution in [2.75, 3.05) is 18.0 Å². The monoisotopic (exact) mass is 372 g/mol. The zero-order valence-corrected chi connectivity index (χ0v) is 16.4. The Bertz CT molecular complexity index is 812. The van der Waals surface area contributed by atoms with Crippen molar-refractivity contribution >= 4 is 17.6 Å². The summed E-state index contributed by atoms with van der Waals surface area (Å²) in [6, 6.07) is 6.71. The van der Waals surface area contributed by atoms with Gasteiger partial charge in [0, 0.05) is 17.1 Å². The summed E-state index contributed by atoms with van der Waals surface area (Å²) in [5.41, 5.74) is 8.97. The molecule has 1 aromatic heterocycles. The molecule has 1 fully saturated rings. The first kappa shape index (κ1) is 19.0. The van der Waals surface area contributed by atoms with Gasteiger partial charge in [0.25, 0.3) is 0 Å². The van der Waals surface area contributed by atoms with E-state index in [1.54, 1.807) is 16.8 Å². The molecular weight excluding hydrogens is 344 g/mol. The number of aryl methyl sites for hydroxylation is 2. The molecule has 0 spiro atoms. The molecule has 1 aliphatic heterocycles. The number of rotatable bonds is 6. The van der Waals surface area contributed by atoms with Gasteiger partial charge in [0.15, 0.2) is 0 Å². The number of hydrogen-bond acceptors (Lipinski definition) is 5. The molecule has 1 atom stereocenters. The third kappa shape index (κ3) is 4.89. The molecule has 1 aromatic carbocycles. The van der Waals surface area contributed by atoms with Crippen LogP contribution in [-0.2, 0) is 6.54 Å². The molecule has 2 aromatic rings. The van der Waals surface area contributed by atoms with Crippen molar-refractivity contribution in [1.29, 1.82) is 0 Å². The lowest BCUT2D eigenvalue weighted by Crippen LogP contribution is -2.34. The number of piperidine rings is 1. The lowest BCUT2D eigenvalue weighted by Gasteiger charge is -2.23. The zero-order chi connectivity index (χ0) is 18.5. The van der Waals surface area contributed by atoms with Gasteiger partial charge in [0.2, 0.25) is 0 Å². The van der Waals surface area contributed by atoms with E-state index in [1.165, 1.54) is 47.3 Å². The average Bonchev–Trinajstić information content (AvgIpc) is 2.60. The average molecular weight is 373 g/mol. The first-order chi connectivity index (χ1) is 12.5. The smallest absolute Gasteiger partial charge is 0.349 e. The third-order valence-corrected chi connectivity index (χ3v) is 6.17. The Balaban J connectivity index is 1.75. The second-order valence-electron chi connectivity index (χ2n) is 7.12. The molecule has 1 unspecified atom stereocenters. The molecule has 6 heteroatoms. The maximum absolute atomic E-state index is 12.1. The number of thioether (sulfide) groups is 1. The molecular formula is C20H28N4OS. The molecule has 0 radical (unpaired) electrons. The van der Waals surface area contributed by atoms with Crippen molar-refractivity contribution in [3.8, 4) is 0 Å². The maximum Gasteiger partial charge on any atom is 0.349 e. The maximum atomic E-state index is 12.1. The van der Waals surface area contributed by atoms with Crippen molar-refractivity contribution in [2.45, 2.75) is 57.0 Å². The number of nitrogens with two attached hydrogens (primary N) is 1. The number of nitrogen functional groups attached to an aromatic ring is 1. The van der Waals surface area contributed by atoms with Crippen molar-refractivity contribution in [3.63, 3.8) is 0 Å². The van der Waals surface area contributed by atoms with Crippen molar-refractivity contribution in [3.05, 3.63) is 51.6 Å². The van der Waals surface area contributed by atoms with E-state index >= 15 is 0 Å². The summed E-state index contributed by atoms with van der Waals surface area (Å²) in [7, 11) is 0. The Morgan fingerprint density at radius 1 is 1.35 bits per heavy atom. The lowest BCUT2D eigenvalue weighted by molar-refractivity contribution is 0.395. The quantitative estimate of drug-likeness (QED) is 0.762. The van der Waals surface area contributed by atoms with Crippen molar-refractivity contribution in [2.24, 2.45) is 0 Å². The Labute approximate surface area is 159 Å². The van der Waals surface area contributed by atoms with Gasteiger partial charge in [-0.1, -0.05) is 24.1 Å². The highest BCUT2D eigenvalue weighted by molar-refractivity contribution is 7.99. The van der Waals surface area contributed by atoms with Crippen LogP contribution in [-0.4, -0.2) is 27.9 Å². The fraction of sp³-hybridized carbons (Fsp3) is 0.500. The first-order valence-corrected chi connectivity index (χ1v) is 10.3. The largest absolute Gasteiger partial charge is 0.383 e. The van der Waals surface area contributed by atoms with Crippen LogP contribution in [0.5, 0.6) is 0 Å². The van der Waals surface area contributed by atoms with Crippen molar-refractivity contribution < 1.29 is 0 Å². The number of nitrogens with zero attached hydrogens (tertiary/aromatic N) is 2. The van der Waals surface area contributed by atoms with Gasteiger partial charge in [-0.2, -0.15) is 4.98 Å². The van der Waals surface area contributed by atoms with Crippen LogP contribution >= 0.6 is 11.8 Å². The molecule has 0 aliphatic carbocycles. The molecule has 0 bridgehead atoms. The number of nitrogens with one attached hydrogen (secondary N) is 1. The minimum absolute atomic E-state index is 0.265. The van der Waals surface area contributed by atoms with Crippen LogP contribution < -0.4 is 16.7 Å². The summed E-state index contributed by atoms with van der Waals surface area (Å²) in [4.78, 5) is 17.2. The number of aromatic nitrogens is 2. The van der Waals surface area contributed by atoms with Crippen LogP contribution in [0.4, 0.5) is 5.82 Å². The topological polar surface area (TPSA) is 72.9 Å². The highest BCUT2D eigenvalue weighted by atomic mass is 32.2. The lowest BCUT2D eigenvalue weighted by atomic mass is 10.0. The van der Waals surface area contributed by atoms with Gasteiger partial charge in [-0.3, -0.25) is 4.57 Å². The zero-order valence-electron chi connectivity index (χ0n) is 15.6. The van der Waals surface area contributed by atoms with E-state index in [9.17, 15) is 4.79 Å². The number of hydrogen-bond donors (Lipinski definition) is 2. The summed E-state index contributed by atoms with van der Waals surface area (Å²) in [5, 5.41) is 3.62. The molecule has 140 valence electrons. The van der Waals surface area contributed by atoms with Crippen LogP contribution in [0.3, 0.4) is 0 Å². The summed E-state index contributed by atoms with van der Waals surface area (Å²) in [6.07, 6.45) is 6.83. The van der Waals surface area contributed by atoms with E-state index in [0.717, 1.165) is 12.3 Å². The Morgan fingerprint density at radius 3 is 2.92 bits per heavy atom. The minimum Gasteiger partial charge on any atom is -0.383 e. The first-order valence-electron chi connectivity index (χ1n) is 9.32. The molecule has 1 aliphatic rings. The van der Waals surface area contributed by atoms with E-state index in [2.05, 4.69) is 36.3 Å². The molecule has 0 amide bonds. The molecule has 26 heavy (non-hydrogen) atoms. The highest BCUT2D eigenvalue weighted by Crippen LogP contribution is 2.30. The van der Waals surface area contributed by atoms with Crippen molar-refractivity contribution in [1.82, 2.24) is 14.9 Å². The Morgan fingerprint density at radius 2 is 2.19 bits per heavy atom. The van der Waals surface area contributed by atoms with E-state index < -0.39 is 0 Å². The third-order valence-electron chi connectivity index (χ3n) is 4.86. The van der Waals surface area contributed by atoms with Gasteiger partial charge in [-0.15, -0.1) is 11.8 Å². The van der Waals surface area contributed by atoms with Crippen LogP contribution in [0, 0.1) is 13.8 Å². The van der Waals surface area contributed by atoms with Crippen LogP contribution in [0.2, 0.25) is 0 Å². The van der Waals surface area contributed by atoms with Crippen LogP contribution in [0.25, 0.3) is 0 Å². The van der Waals surface area contributed by atoms with E-state index in [0.29, 0.717) is 12.6 Å². The Hall–Kier alpha value is -1.79. The molecule has 0 saturated carbocycles. The van der Waals surface area contributed by atoms with E-state index in [-0.39, 0.29) is 11.5 Å². The summed E-state index contributed by atoms with van der Waals surface area (Å²) in [5.74, 6) is 1.35. The normalized spacial score (nSPS) is 17.4. The van der Waals surface area contributed by atoms with Crippen LogP contribution in [0.1, 0.15) is 42.4 Å². The summed E-state index contributed by atoms with van der Waals surface area (Å²) in [6.45, 7) is 5.93. The van der Waals surface area contributed by atoms with Gasteiger partial charge < -0.3 is 11.1 Å². The number of anilines is 1. The second kappa shape index (κ2) is 8.73. The molecule has 3 rings (SSSR count). The molecule has 2 heterocycles. The van der Waals surface area contributed by atoms with E-state index in [4.69, 9.17) is 5.73 Å². The van der Waals surface area contributed by atoms with Gasteiger partial charge in [-0.05, 0) is 62.6 Å². The van der Waals surface area contributed by atoms with Gasteiger partial charge >= 0.3 is 5.69 Å². The van der Waals surface area contributed by atoms with Gasteiger partial charge in [0.05, 0.1) is 6.54 Å². The second-order valence-corrected chi connectivity index (χ2v) is 8.22. The molecule has 3 N–H and O–H groups in total. The van der Waals surface area contributed by atoms with Gasteiger partial charge in [-0.25, -0.2) is 4.79 Å². The molecule has 1 saturated heterocycles.